The van der Waals surface area contributed by atoms with Crippen LogP contribution in [0.25, 0.3) is 0 Å². The Labute approximate surface area is 166 Å². The first kappa shape index (κ1) is 22.0. The van der Waals surface area contributed by atoms with Crippen molar-refractivity contribution in [1.82, 2.24) is 4.90 Å². The van der Waals surface area contributed by atoms with E-state index in [-0.39, 0.29) is 25.9 Å². The zero-order valence-electron chi connectivity index (χ0n) is 14.3. The van der Waals surface area contributed by atoms with Crippen LogP contribution in [0.2, 0.25) is 0 Å². The highest BCUT2D eigenvalue weighted by molar-refractivity contribution is 9.11. The smallest absolute Gasteiger partial charge is 0.411 e. The summed E-state index contributed by atoms with van der Waals surface area (Å²) >= 11 is 4.57. The SMILES string of the molecule is CC(C)(C)OC(=O)N1CCC[C@H]1C(=O)OCC(=O)c1ccc(Br)s1.S. The van der Waals surface area contributed by atoms with Crippen molar-refractivity contribution in [2.75, 3.05) is 13.2 Å². The molecule has 0 aromatic carbocycles. The number of Topliss-reactive ketones (excluding diaryl/α,β-unsaturated/α-hetero) is 1. The van der Waals surface area contributed by atoms with Crippen LogP contribution in [0.3, 0.4) is 0 Å². The summed E-state index contributed by atoms with van der Waals surface area (Å²) in [4.78, 5) is 38.3. The van der Waals surface area contributed by atoms with Gasteiger partial charge in [0.1, 0.15) is 11.6 Å². The summed E-state index contributed by atoms with van der Waals surface area (Å²) in [7, 11) is 0. The van der Waals surface area contributed by atoms with Crippen molar-refractivity contribution in [3.05, 3.63) is 20.8 Å². The summed E-state index contributed by atoms with van der Waals surface area (Å²) in [6.45, 7) is 5.43. The molecule has 0 aliphatic carbocycles. The normalized spacial score (nSPS) is 17.0. The molecule has 0 radical (unpaired) electrons. The average molecular weight is 452 g/mol. The van der Waals surface area contributed by atoms with Gasteiger partial charge in [0.15, 0.2) is 6.61 Å². The average Bonchev–Trinajstić information content (AvgIpc) is 3.11. The number of thiophene rings is 1. The molecule has 1 aromatic rings. The van der Waals surface area contributed by atoms with Gasteiger partial charge in [-0.2, -0.15) is 13.5 Å². The van der Waals surface area contributed by atoms with E-state index in [2.05, 4.69) is 15.9 Å². The summed E-state index contributed by atoms with van der Waals surface area (Å²) < 4.78 is 11.3. The number of likely N-dealkylation sites (tertiary alicyclic amines) is 1. The first-order chi connectivity index (χ1) is 11.2. The molecule has 2 rings (SSSR count). The van der Waals surface area contributed by atoms with E-state index >= 15 is 0 Å². The molecule has 1 aromatic heterocycles. The highest BCUT2D eigenvalue weighted by Crippen LogP contribution is 2.24. The van der Waals surface area contributed by atoms with Gasteiger partial charge in [-0.3, -0.25) is 9.69 Å². The highest BCUT2D eigenvalue weighted by atomic mass is 79.9. The predicted octanol–water partition coefficient (Wildman–Crippen LogP) is 3.75. The zero-order valence-corrected chi connectivity index (χ0v) is 17.7. The predicted molar refractivity (Wildman–Crippen MR) is 104 cm³/mol. The third-order valence-electron chi connectivity index (χ3n) is 3.35. The maximum absolute atomic E-state index is 12.2. The monoisotopic (exact) mass is 451 g/mol. The third kappa shape index (κ3) is 6.31. The van der Waals surface area contributed by atoms with E-state index < -0.39 is 23.7 Å². The van der Waals surface area contributed by atoms with Crippen LogP contribution in [0.15, 0.2) is 15.9 Å². The van der Waals surface area contributed by atoms with Crippen molar-refractivity contribution in [3.8, 4) is 0 Å². The molecule has 1 atom stereocenters. The standard InChI is InChI=1S/C16H20BrNO5S.H2S/c1-16(2,3)23-15(21)18-8-4-5-10(18)14(20)22-9-11(19)12-6-7-13(17)24-12;/h6-7,10H,4-5,8-9H2,1-3H3;1H2/t10-;/m0./s1. The first-order valence-corrected chi connectivity index (χ1v) is 9.23. The Hall–Kier alpha value is -1.06. The number of halogens is 1. The van der Waals surface area contributed by atoms with Gasteiger partial charge < -0.3 is 9.47 Å². The Bertz CT molecular complexity index is 641. The van der Waals surface area contributed by atoms with E-state index in [1.54, 1.807) is 32.9 Å². The van der Waals surface area contributed by atoms with Gasteiger partial charge in [-0.1, -0.05) is 0 Å². The topological polar surface area (TPSA) is 72.9 Å². The Morgan fingerprint density at radius 1 is 1.32 bits per heavy atom. The molecule has 1 aliphatic heterocycles. The number of nitrogens with zero attached hydrogens (tertiary/aromatic N) is 1. The lowest BCUT2D eigenvalue weighted by Gasteiger charge is -2.27. The number of esters is 1. The minimum Gasteiger partial charge on any atom is -0.456 e. The van der Waals surface area contributed by atoms with Crippen molar-refractivity contribution in [2.45, 2.75) is 45.3 Å². The number of ether oxygens (including phenoxy) is 2. The molecule has 0 N–H and O–H groups in total. The van der Waals surface area contributed by atoms with Gasteiger partial charge in [0, 0.05) is 6.54 Å². The van der Waals surface area contributed by atoms with E-state index in [1.165, 1.54) is 16.2 Å². The number of ketones is 1. The number of amides is 1. The van der Waals surface area contributed by atoms with Crippen LogP contribution >= 0.6 is 40.8 Å². The number of hydrogen-bond donors (Lipinski definition) is 0. The molecule has 0 saturated carbocycles. The Balaban J connectivity index is 0.00000312. The van der Waals surface area contributed by atoms with Gasteiger partial charge >= 0.3 is 12.1 Å². The summed E-state index contributed by atoms with van der Waals surface area (Å²) in [6.07, 6.45) is 0.678. The summed E-state index contributed by atoms with van der Waals surface area (Å²) in [5.74, 6) is -0.830. The molecule has 140 valence electrons. The number of carbonyl (C=O) groups is 3. The minimum atomic E-state index is -0.692. The number of carbonyl (C=O) groups excluding carboxylic acids is 3. The molecule has 0 unspecified atom stereocenters. The lowest BCUT2D eigenvalue weighted by atomic mass is 10.2. The highest BCUT2D eigenvalue weighted by Gasteiger charge is 2.37. The van der Waals surface area contributed by atoms with Crippen LogP contribution in [-0.4, -0.2) is 47.5 Å². The van der Waals surface area contributed by atoms with E-state index in [0.29, 0.717) is 24.3 Å². The van der Waals surface area contributed by atoms with Crippen molar-refractivity contribution >= 4 is 58.6 Å². The molecule has 1 amide bonds. The van der Waals surface area contributed by atoms with E-state index in [0.717, 1.165) is 3.79 Å². The molecule has 1 fully saturated rings. The Kier molecular flexibility index (Phi) is 7.95. The second-order valence-corrected chi connectivity index (χ2v) is 8.93. The van der Waals surface area contributed by atoms with Gasteiger partial charge in [-0.25, -0.2) is 9.59 Å². The maximum atomic E-state index is 12.2. The second-order valence-electron chi connectivity index (χ2n) is 6.47. The second kappa shape index (κ2) is 9.05. The van der Waals surface area contributed by atoms with Crippen LogP contribution < -0.4 is 0 Å². The van der Waals surface area contributed by atoms with Crippen molar-refractivity contribution < 1.29 is 23.9 Å². The first-order valence-electron chi connectivity index (χ1n) is 7.62. The molecule has 1 saturated heterocycles. The molecule has 25 heavy (non-hydrogen) atoms. The Morgan fingerprint density at radius 3 is 2.56 bits per heavy atom. The van der Waals surface area contributed by atoms with Crippen LogP contribution in [-0.2, 0) is 14.3 Å². The fourth-order valence-electron chi connectivity index (χ4n) is 2.32. The molecule has 6 nitrogen and oxygen atoms in total. The third-order valence-corrected chi connectivity index (χ3v) is 5.01. The molecule has 1 aliphatic rings. The number of rotatable bonds is 4. The van der Waals surface area contributed by atoms with Crippen LogP contribution in [0, 0.1) is 0 Å². The van der Waals surface area contributed by atoms with Gasteiger partial charge in [0.05, 0.1) is 8.66 Å². The molecule has 2 heterocycles. The Morgan fingerprint density at radius 2 is 2.00 bits per heavy atom. The largest absolute Gasteiger partial charge is 0.456 e. The van der Waals surface area contributed by atoms with Gasteiger partial charge in [-0.05, 0) is 61.7 Å². The van der Waals surface area contributed by atoms with Crippen LogP contribution in [0.5, 0.6) is 0 Å². The van der Waals surface area contributed by atoms with Crippen LogP contribution in [0.1, 0.15) is 43.3 Å². The van der Waals surface area contributed by atoms with Crippen molar-refractivity contribution in [2.24, 2.45) is 0 Å². The minimum absolute atomic E-state index is 0. The molecular formula is C16H22BrNO5S2. The lowest BCUT2D eigenvalue weighted by molar-refractivity contribution is -0.147. The van der Waals surface area contributed by atoms with E-state index in [1.807, 2.05) is 0 Å². The zero-order chi connectivity index (χ0) is 17.9. The van der Waals surface area contributed by atoms with Gasteiger partial charge in [0.2, 0.25) is 5.78 Å². The quantitative estimate of drug-likeness (QED) is 0.514. The van der Waals surface area contributed by atoms with E-state index in [9.17, 15) is 14.4 Å². The van der Waals surface area contributed by atoms with Gasteiger partial charge in [-0.15, -0.1) is 11.3 Å². The fraction of sp³-hybridized carbons (Fsp3) is 0.562. The number of hydrogen-bond acceptors (Lipinski definition) is 6. The maximum Gasteiger partial charge on any atom is 0.411 e. The van der Waals surface area contributed by atoms with Crippen LogP contribution in [0.4, 0.5) is 4.79 Å². The fourth-order valence-corrected chi connectivity index (χ4v) is 3.63. The molecule has 0 bridgehead atoms. The molecule has 9 heteroatoms. The molecule has 0 spiro atoms. The molecular weight excluding hydrogens is 430 g/mol. The summed E-state index contributed by atoms with van der Waals surface area (Å²) in [5.41, 5.74) is -0.628. The van der Waals surface area contributed by atoms with Crippen molar-refractivity contribution in [3.63, 3.8) is 0 Å². The summed E-state index contributed by atoms with van der Waals surface area (Å²) in [6, 6.07) is 2.75. The van der Waals surface area contributed by atoms with Crippen molar-refractivity contribution in [1.29, 1.82) is 0 Å². The van der Waals surface area contributed by atoms with Gasteiger partial charge in [0.25, 0.3) is 0 Å². The summed E-state index contributed by atoms with van der Waals surface area (Å²) in [5, 5.41) is 0. The van der Waals surface area contributed by atoms with E-state index in [4.69, 9.17) is 9.47 Å². The lowest BCUT2D eigenvalue weighted by Crippen LogP contribution is -2.44.